The van der Waals surface area contributed by atoms with Crippen LogP contribution >= 0.6 is 11.6 Å². The van der Waals surface area contributed by atoms with Crippen molar-refractivity contribution in [1.29, 1.82) is 0 Å². The minimum atomic E-state index is -0.804. The van der Waals surface area contributed by atoms with Crippen molar-refractivity contribution >= 4 is 41.0 Å². The lowest BCUT2D eigenvalue weighted by atomic mass is 9.85. The Hall–Kier alpha value is -2.67. The number of hydrogen-bond acceptors (Lipinski definition) is 5. The molecule has 0 spiro atoms. The standard InChI is InChI=1S/C19H19ClN2O5/c1-11-14(20)7-4-8-15(11)21-16(23)10-27-17(24)9-22-18(25)12-5-2-3-6-13(12)19(22)26/h2-4,7-8,12-13H,5-6,9-10H2,1H3,(H,21,23)/t12-,13-/m0/s1. The van der Waals surface area contributed by atoms with Crippen molar-refractivity contribution < 1.29 is 23.9 Å². The third-order valence-corrected chi connectivity index (χ3v) is 5.20. The average molecular weight is 391 g/mol. The molecule has 0 unspecified atom stereocenters. The lowest BCUT2D eigenvalue weighted by Crippen LogP contribution is -2.37. The summed E-state index contributed by atoms with van der Waals surface area (Å²) in [5, 5.41) is 3.11. The van der Waals surface area contributed by atoms with Gasteiger partial charge in [0.2, 0.25) is 11.8 Å². The van der Waals surface area contributed by atoms with Gasteiger partial charge in [0.25, 0.3) is 5.91 Å². The second-order valence-corrected chi connectivity index (χ2v) is 6.95. The van der Waals surface area contributed by atoms with Crippen molar-refractivity contribution in [3.8, 4) is 0 Å². The van der Waals surface area contributed by atoms with Gasteiger partial charge in [0.1, 0.15) is 6.54 Å². The van der Waals surface area contributed by atoms with Crippen LogP contribution in [0, 0.1) is 18.8 Å². The molecule has 7 nitrogen and oxygen atoms in total. The SMILES string of the molecule is Cc1c(Cl)cccc1NC(=O)COC(=O)CN1C(=O)[C@H]2CC=CC[C@@H]2C1=O. The van der Waals surface area contributed by atoms with Crippen LogP contribution in [0.4, 0.5) is 5.69 Å². The van der Waals surface area contributed by atoms with Gasteiger partial charge >= 0.3 is 5.97 Å². The van der Waals surface area contributed by atoms with Gasteiger partial charge in [0, 0.05) is 10.7 Å². The minimum Gasteiger partial charge on any atom is -0.454 e. The third kappa shape index (κ3) is 4.03. The fraction of sp³-hybridized carbons (Fsp3) is 0.368. The Morgan fingerprint density at radius 1 is 1.19 bits per heavy atom. The van der Waals surface area contributed by atoms with Gasteiger partial charge in [-0.1, -0.05) is 29.8 Å². The summed E-state index contributed by atoms with van der Waals surface area (Å²) in [6.07, 6.45) is 4.75. The normalized spacial score (nSPS) is 21.2. The van der Waals surface area contributed by atoms with Crippen molar-refractivity contribution in [2.24, 2.45) is 11.8 Å². The maximum Gasteiger partial charge on any atom is 0.326 e. The van der Waals surface area contributed by atoms with Crippen LogP contribution in [0.25, 0.3) is 0 Å². The summed E-state index contributed by atoms with van der Waals surface area (Å²) in [5.74, 6) is -2.85. The number of nitrogens with zero attached hydrogens (tertiary/aromatic N) is 1. The van der Waals surface area contributed by atoms with Crippen LogP contribution in [-0.4, -0.2) is 41.7 Å². The molecular formula is C19H19ClN2O5. The topological polar surface area (TPSA) is 92.8 Å². The zero-order valence-electron chi connectivity index (χ0n) is 14.7. The fourth-order valence-electron chi connectivity index (χ4n) is 3.27. The molecular weight excluding hydrogens is 372 g/mol. The largest absolute Gasteiger partial charge is 0.454 e. The predicted molar refractivity (Wildman–Crippen MR) is 97.9 cm³/mol. The van der Waals surface area contributed by atoms with Gasteiger partial charge in [-0.25, -0.2) is 0 Å². The van der Waals surface area contributed by atoms with Crippen molar-refractivity contribution in [1.82, 2.24) is 4.90 Å². The molecule has 1 fully saturated rings. The molecule has 27 heavy (non-hydrogen) atoms. The molecule has 0 saturated carbocycles. The lowest BCUT2D eigenvalue weighted by Gasteiger charge is -2.14. The number of halogens is 1. The Bertz CT molecular complexity index is 809. The number of ether oxygens (including phenoxy) is 1. The maximum absolute atomic E-state index is 12.3. The molecule has 8 heteroatoms. The number of likely N-dealkylation sites (tertiary alicyclic amines) is 1. The van der Waals surface area contributed by atoms with Crippen molar-refractivity contribution in [3.05, 3.63) is 40.9 Å². The van der Waals surface area contributed by atoms with Gasteiger partial charge < -0.3 is 10.1 Å². The van der Waals surface area contributed by atoms with E-state index in [0.29, 0.717) is 29.1 Å². The molecule has 2 aliphatic rings. The summed E-state index contributed by atoms with van der Waals surface area (Å²) in [7, 11) is 0. The van der Waals surface area contributed by atoms with Gasteiger partial charge in [-0.15, -0.1) is 0 Å². The first-order chi connectivity index (χ1) is 12.9. The number of carbonyl (C=O) groups is 4. The molecule has 0 bridgehead atoms. The predicted octanol–water partition coefficient (Wildman–Crippen LogP) is 2.08. The number of carbonyl (C=O) groups excluding carboxylic acids is 4. The highest BCUT2D eigenvalue weighted by molar-refractivity contribution is 6.31. The number of esters is 1. The summed E-state index contributed by atoms with van der Waals surface area (Å²) in [6.45, 7) is 0.756. The van der Waals surface area contributed by atoms with Gasteiger partial charge in [0.15, 0.2) is 6.61 Å². The summed E-state index contributed by atoms with van der Waals surface area (Å²) in [6, 6.07) is 5.07. The number of benzene rings is 1. The first-order valence-corrected chi connectivity index (χ1v) is 8.97. The molecule has 3 rings (SSSR count). The molecule has 1 saturated heterocycles. The van der Waals surface area contributed by atoms with E-state index >= 15 is 0 Å². The van der Waals surface area contributed by atoms with Crippen LogP contribution in [0.1, 0.15) is 18.4 Å². The first-order valence-electron chi connectivity index (χ1n) is 8.59. The second kappa shape index (κ2) is 7.92. The highest BCUT2D eigenvalue weighted by Gasteiger charge is 2.47. The average Bonchev–Trinajstić information content (AvgIpc) is 2.89. The smallest absolute Gasteiger partial charge is 0.326 e. The molecule has 0 aromatic heterocycles. The van der Waals surface area contributed by atoms with E-state index in [0.717, 1.165) is 4.90 Å². The van der Waals surface area contributed by atoms with Crippen molar-refractivity contribution in [2.45, 2.75) is 19.8 Å². The Kier molecular flexibility index (Phi) is 5.60. The van der Waals surface area contributed by atoms with E-state index in [1.807, 2.05) is 12.2 Å². The Morgan fingerprint density at radius 3 is 2.44 bits per heavy atom. The summed E-state index contributed by atoms with van der Waals surface area (Å²) in [5.41, 5.74) is 1.22. The number of fused-ring (bicyclic) bond motifs is 1. The van der Waals surface area contributed by atoms with E-state index in [-0.39, 0.29) is 11.8 Å². The van der Waals surface area contributed by atoms with Crippen LogP contribution in [0.3, 0.4) is 0 Å². The van der Waals surface area contributed by atoms with Crippen LogP contribution in [0.5, 0.6) is 0 Å². The Labute approximate surface area is 161 Å². The van der Waals surface area contributed by atoms with E-state index < -0.39 is 36.9 Å². The van der Waals surface area contributed by atoms with Crippen molar-refractivity contribution in [3.63, 3.8) is 0 Å². The van der Waals surface area contributed by atoms with Gasteiger partial charge in [-0.2, -0.15) is 0 Å². The molecule has 1 aromatic rings. The Morgan fingerprint density at radius 2 is 1.81 bits per heavy atom. The number of hydrogen-bond donors (Lipinski definition) is 1. The van der Waals surface area contributed by atoms with E-state index in [1.54, 1.807) is 25.1 Å². The molecule has 1 aliphatic heterocycles. The van der Waals surface area contributed by atoms with Crippen LogP contribution in [0.15, 0.2) is 30.4 Å². The first kappa shape index (κ1) is 19.1. The zero-order valence-corrected chi connectivity index (χ0v) is 15.5. The van der Waals surface area contributed by atoms with Crippen molar-refractivity contribution in [2.75, 3.05) is 18.5 Å². The molecule has 1 heterocycles. The van der Waals surface area contributed by atoms with Crippen LogP contribution < -0.4 is 5.32 Å². The molecule has 2 atom stereocenters. The molecule has 1 aromatic carbocycles. The number of anilines is 1. The van der Waals surface area contributed by atoms with Gasteiger partial charge in [-0.05, 0) is 37.5 Å². The highest BCUT2D eigenvalue weighted by Crippen LogP contribution is 2.34. The Balaban J connectivity index is 1.51. The third-order valence-electron chi connectivity index (χ3n) is 4.79. The minimum absolute atomic E-state index is 0.356. The molecule has 142 valence electrons. The summed E-state index contributed by atoms with van der Waals surface area (Å²) < 4.78 is 4.91. The molecule has 3 amide bonds. The number of nitrogens with one attached hydrogen (secondary N) is 1. The van der Waals surface area contributed by atoms with Crippen LogP contribution in [-0.2, 0) is 23.9 Å². The summed E-state index contributed by atoms with van der Waals surface area (Å²) >= 11 is 5.99. The number of rotatable bonds is 5. The maximum atomic E-state index is 12.3. The molecule has 1 N–H and O–H groups in total. The molecule has 1 aliphatic carbocycles. The van der Waals surface area contributed by atoms with E-state index in [4.69, 9.17) is 16.3 Å². The number of imide groups is 1. The fourth-order valence-corrected chi connectivity index (χ4v) is 3.45. The monoisotopic (exact) mass is 390 g/mol. The second-order valence-electron chi connectivity index (χ2n) is 6.54. The zero-order chi connectivity index (χ0) is 19.6. The van der Waals surface area contributed by atoms with Gasteiger partial charge in [0.05, 0.1) is 11.8 Å². The molecule has 0 radical (unpaired) electrons. The van der Waals surface area contributed by atoms with Gasteiger partial charge in [-0.3, -0.25) is 24.1 Å². The highest BCUT2D eigenvalue weighted by atomic mass is 35.5. The summed E-state index contributed by atoms with van der Waals surface area (Å²) in [4.78, 5) is 49.5. The van der Waals surface area contributed by atoms with E-state index in [9.17, 15) is 19.2 Å². The van der Waals surface area contributed by atoms with E-state index in [1.165, 1.54) is 0 Å². The quantitative estimate of drug-likeness (QED) is 0.472. The van der Waals surface area contributed by atoms with E-state index in [2.05, 4.69) is 5.32 Å². The number of amides is 3. The van der Waals surface area contributed by atoms with Crippen LogP contribution in [0.2, 0.25) is 5.02 Å². The lowest BCUT2D eigenvalue weighted by molar-refractivity contribution is -0.154. The number of allylic oxidation sites excluding steroid dienone is 2.